The summed E-state index contributed by atoms with van der Waals surface area (Å²) in [4.78, 5) is 26.2. The summed E-state index contributed by atoms with van der Waals surface area (Å²) in [6.45, 7) is 7.59. The number of hydrogen-bond donors (Lipinski definition) is 1. The molecule has 0 radical (unpaired) electrons. The lowest BCUT2D eigenvalue weighted by Crippen LogP contribution is -2.30. The van der Waals surface area contributed by atoms with Crippen molar-refractivity contribution < 1.29 is 18.7 Å². The Bertz CT molecular complexity index is 1280. The van der Waals surface area contributed by atoms with Crippen LogP contribution in [-0.2, 0) is 4.79 Å². The van der Waals surface area contributed by atoms with E-state index in [9.17, 15) is 9.59 Å². The minimum Gasteiger partial charge on any atom is -0.481 e. The average molecular weight is 428 g/mol. The highest BCUT2D eigenvalue weighted by Crippen LogP contribution is 2.33. The molecule has 4 aromatic rings. The van der Waals surface area contributed by atoms with Crippen molar-refractivity contribution in [2.75, 3.05) is 5.32 Å². The molecule has 0 spiro atoms. The van der Waals surface area contributed by atoms with Crippen LogP contribution in [0.1, 0.15) is 39.7 Å². The monoisotopic (exact) mass is 427 g/mol. The molecule has 0 saturated carbocycles. The van der Waals surface area contributed by atoms with Gasteiger partial charge in [-0.15, -0.1) is 0 Å². The topological polar surface area (TPSA) is 68.5 Å². The van der Waals surface area contributed by atoms with E-state index in [1.807, 2.05) is 69.3 Å². The lowest BCUT2D eigenvalue weighted by atomic mass is 10.1. The number of para-hydroxylation sites is 1. The summed E-state index contributed by atoms with van der Waals surface area (Å²) in [5.74, 6) is 0.0632. The van der Waals surface area contributed by atoms with E-state index in [0.717, 1.165) is 16.7 Å². The molecule has 1 amide bonds. The molecule has 4 rings (SSSR count). The molecule has 3 aromatic carbocycles. The second kappa shape index (κ2) is 8.71. The highest BCUT2D eigenvalue weighted by Gasteiger charge is 2.25. The van der Waals surface area contributed by atoms with Crippen molar-refractivity contribution in [3.8, 4) is 5.75 Å². The minimum atomic E-state index is -0.771. The number of carbonyl (C=O) groups excluding carboxylic acids is 2. The number of rotatable bonds is 6. The summed E-state index contributed by atoms with van der Waals surface area (Å²) in [7, 11) is 0. The van der Waals surface area contributed by atoms with Crippen LogP contribution < -0.4 is 10.1 Å². The van der Waals surface area contributed by atoms with Crippen molar-refractivity contribution in [3.05, 3.63) is 94.7 Å². The van der Waals surface area contributed by atoms with Crippen LogP contribution in [0.15, 0.2) is 71.1 Å². The quantitative estimate of drug-likeness (QED) is 0.384. The van der Waals surface area contributed by atoms with Gasteiger partial charge < -0.3 is 14.5 Å². The molecule has 162 valence electrons. The van der Waals surface area contributed by atoms with Gasteiger partial charge in [-0.3, -0.25) is 9.59 Å². The number of nitrogens with one attached hydrogen (secondary N) is 1. The molecule has 1 unspecified atom stereocenters. The van der Waals surface area contributed by atoms with Gasteiger partial charge in [0.25, 0.3) is 5.91 Å². The Hall–Kier alpha value is -3.86. The molecule has 1 N–H and O–H groups in total. The van der Waals surface area contributed by atoms with Gasteiger partial charge >= 0.3 is 0 Å². The molecule has 0 bridgehead atoms. The van der Waals surface area contributed by atoms with Gasteiger partial charge in [-0.25, -0.2) is 0 Å². The van der Waals surface area contributed by atoms with Gasteiger partial charge in [-0.2, -0.15) is 0 Å². The third-order valence-electron chi connectivity index (χ3n) is 5.24. The molecule has 1 heterocycles. The highest BCUT2D eigenvalue weighted by molar-refractivity contribution is 6.17. The van der Waals surface area contributed by atoms with E-state index in [1.54, 1.807) is 25.1 Å². The van der Waals surface area contributed by atoms with Crippen LogP contribution in [0.3, 0.4) is 0 Å². The molecule has 5 heteroatoms. The van der Waals surface area contributed by atoms with E-state index in [1.165, 1.54) is 0 Å². The van der Waals surface area contributed by atoms with E-state index in [0.29, 0.717) is 28.0 Å². The number of aryl methyl sites for hydroxylation is 3. The highest BCUT2D eigenvalue weighted by atomic mass is 16.5. The van der Waals surface area contributed by atoms with Crippen LogP contribution in [-0.4, -0.2) is 17.8 Å². The zero-order valence-electron chi connectivity index (χ0n) is 18.6. The molecule has 0 fully saturated rings. The van der Waals surface area contributed by atoms with E-state index in [4.69, 9.17) is 9.15 Å². The normalized spacial score (nSPS) is 11.9. The Morgan fingerprint density at radius 2 is 1.53 bits per heavy atom. The maximum absolute atomic E-state index is 13.2. The fourth-order valence-corrected chi connectivity index (χ4v) is 3.65. The number of amides is 1. The van der Waals surface area contributed by atoms with Gasteiger partial charge in [-0.05, 0) is 63.1 Å². The van der Waals surface area contributed by atoms with Gasteiger partial charge in [0, 0.05) is 10.9 Å². The summed E-state index contributed by atoms with van der Waals surface area (Å²) < 4.78 is 11.7. The predicted octanol–water partition coefficient (Wildman–Crippen LogP) is 6.00. The van der Waals surface area contributed by atoms with Gasteiger partial charge in [0.05, 0.1) is 5.69 Å². The molecule has 0 saturated heterocycles. The second-order valence-electron chi connectivity index (χ2n) is 8.07. The third-order valence-corrected chi connectivity index (χ3v) is 5.24. The summed E-state index contributed by atoms with van der Waals surface area (Å²) in [6.07, 6.45) is -0.771. The lowest BCUT2D eigenvalue weighted by Gasteiger charge is -2.16. The van der Waals surface area contributed by atoms with Crippen LogP contribution in [0.25, 0.3) is 11.0 Å². The molecule has 1 atom stereocenters. The molecule has 0 aliphatic rings. The molecule has 32 heavy (non-hydrogen) atoms. The molecule has 5 nitrogen and oxygen atoms in total. The third kappa shape index (κ3) is 4.42. The Balaban J connectivity index is 1.64. The maximum atomic E-state index is 13.2. The number of ketones is 1. The van der Waals surface area contributed by atoms with Crippen molar-refractivity contribution in [3.63, 3.8) is 0 Å². The first-order valence-corrected chi connectivity index (χ1v) is 10.5. The molecule has 0 aliphatic carbocycles. The summed E-state index contributed by atoms with van der Waals surface area (Å²) >= 11 is 0. The number of anilines is 1. The van der Waals surface area contributed by atoms with Crippen LogP contribution in [0.4, 0.5) is 5.69 Å². The lowest BCUT2D eigenvalue weighted by molar-refractivity contribution is -0.122. The number of furan rings is 1. The van der Waals surface area contributed by atoms with Crippen LogP contribution in [0.5, 0.6) is 5.75 Å². The molecular weight excluding hydrogens is 402 g/mol. The number of ether oxygens (including phenoxy) is 1. The summed E-state index contributed by atoms with van der Waals surface area (Å²) in [5.41, 5.74) is 4.54. The van der Waals surface area contributed by atoms with Crippen molar-refractivity contribution in [1.82, 2.24) is 0 Å². The first kappa shape index (κ1) is 21.4. The SMILES string of the molecule is Cc1ccc(C(=O)c2oc3ccccc3c2NC(=O)C(C)Oc2cc(C)cc(C)c2)cc1. The largest absolute Gasteiger partial charge is 0.481 e. The zero-order chi connectivity index (χ0) is 22.8. The predicted molar refractivity (Wildman–Crippen MR) is 125 cm³/mol. The smallest absolute Gasteiger partial charge is 0.265 e. The maximum Gasteiger partial charge on any atom is 0.265 e. The molecule has 1 aromatic heterocycles. The average Bonchev–Trinajstić information content (AvgIpc) is 3.11. The summed E-state index contributed by atoms with van der Waals surface area (Å²) in [6, 6.07) is 20.3. The van der Waals surface area contributed by atoms with E-state index in [-0.39, 0.29) is 17.5 Å². The Kier molecular flexibility index (Phi) is 5.82. The Morgan fingerprint density at radius 1 is 0.875 bits per heavy atom. The standard InChI is InChI=1S/C27H25NO4/c1-16-9-11-20(12-10-16)25(29)26-24(22-7-5-6-8-23(22)32-26)28-27(30)19(4)31-21-14-17(2)13-18(3)15-21/h5-15,19H,1-4H3,(H,28,30). The van der Waals surface area contributed by atoms with Gasteiger partial charge in [0.1, 0.15) is 11.3 Å². The van der Waals surface area contributed by atoms with Crippen LogP contribution in [0, 0.1) is 20.8 Å². The number of fused-ring (bicyclic) bond motifs is 1. The van der Waals surface area contributed by atoms with Crippen molar-refractivity contribution >= 4 is 28.3 Å². The van der Waals surface area contributed by atoms with Crippen molar-refractivity contribution in [1.29, 1.82) is 0 Å². The first-order chi connectivity index (χ1) is 15.3. The van der Waals surface area contributed by atoms with Gasteiger partial charge in [-0.1, -0.05) is 48.0 Å². The Labute approximate surface area is 187 Å². The Morgan fingerprint density at radius 3 is 2.22 bits per heavy atom. The number of hydrogen-bond acceptors (Lipinski definition) is 4. The fourth-order valence-electron chi connectivity index (χ4n) is 3.65. The van der Waals surface area contributed by atoms with Crippen molar-refractivity contribution in [2.24, 2.45) is 0 Å². The minimum absolute atomic E-state index is 0.0991. The first-order valence-electron chi connectivity index (χ1n) is 10.5. The van der Waals surface area contributed by atoms with E-state index in [2.05, 4.69) is 5.32 Å². The van der Waals surface area contributed by atoms with E-state index < -0.39 is 6.10 Å². The molecular formula is C27H25NO4. The fraction of sp³-hybridized carbons (Fsp3) is 0.185. The van der Waals surface area contributed by atoms with Gasteiger partial charge in [0.2, 0.25) is 5.78 Å². The van der Waals surface area contributed by atoms with E-state index >= 15 is 0 Å². The van der Waals surface area contributed by atoms with Gasteiger partial charge in [0.15, 0.2) is 11.9 Å². The molecule has 0 aliphatic heterocycles. The zero-order valence-corrected chi connectivity index (χ0v) is 18.6. The van der Waals surface area contributed by atoms with Crippen molar-refractivity contribution in [2.45, 2.75) is 33.8 Å². The summed E-state index contributed by atoms with van der Waals surface area (Å²) in [5, 5.41) is 3.53. The van der Waals surface area contributed by atoms with Crippen LogP contribution in [0.2, 0.25) is 0 Å². The number of benzene rings is 3. The van der Waals surface area contributed by atoms with Crippen LogP contribution >= 0.6 is 0 Å². The second-order valence-corrected chi connectivity index (χ2v) is 8.07. The number of carbonyl (C=O) groups is 2.